The van der Waals surface area contributed by atoms with Crippen molar-refractivity contribution in [2.45, 2.75) is 39.7 Å². The van der Waals surface area contributed by atoms with Gasteiger partial charge in [-0.05, 0) is 44.5 Å². The van der Waals surface area contributed by atoms with Gasteiger partial charge in [0.1, 0.15) is 0 Å². The van der Waals surface area contributed by atoms with E-state index in [4.69, 9.17) is 0 Å². The van der Waals surface area contributed by atoms with Crippen LogP contribution in [0, 0.1) is 0 Å². The molecule has 0 aliphatic carbocycles. The molecule has 0 bridgehead atoms. The average molecular weight is 305 g/mol. The van der Waals surface area contributed by atoms with E-state index in [0.29, 0.717) is 6.54 Å². The molecule has 0 fully saturated rings. The fourth-order valence-corrected chi connectivity index (χ4v) is 1.95. The standard InChI is InChI=1S/C17H27N3O2/c1-5-11-18-16(21)12-20(4)13(3)17(22)19-15-9-7-14(6-2)8-10-15/h7-10,13H,5-6,11-12H2,1-4H3,(H,18,21)(H,19,22)/t13-/m1/s1. The van der Waals surface area contributed by atoms with Crippen LogP contribution < -0.4 is 10.6 Å². The predicted octanol–water partition coefficient (Wildman–Crippen LogP) is 2.03. The summed E-state index contributed by atoms with van der Waals surface area (Å²) in [5.41, 5.74) is 2.01. The molecule has 5 nitrogen and oxygen atoms in total. The Labute approximate surface area is 133 Å². The van der Waals surface area contributed by atoms with E-state index in [9.17, 15) is 9.59 Å². The first-order chi connectivity index (χ1) is 10.5. The van der Waals surface area contributed by atoms with Gasteiger partial charge >= 0.3 is 0 Å². The van der Waals surface area contributed by atoms with E-state index in [1.807, 2.05) is 31.2 Å². The lowest BCUT2D eigenvalue weighted by molar-refractivity contribution is -0.124. The molecule has 0 heterocycles. The van der Waals surface area contributed by atoms with Gasteiger partial charge in [0.2, 0.25) is 11.8 Å². The number of likely N-dealkylation sites (N-methyl/N-ethyl adjacent to an activating group) is 1. The minimum absolute atomic E-state index is 0.0590. The maximum absolute atomic E-state index is 12.2. The van der Waals surface area contributed by atoms with Crippen LogP contribution in [0.1, 0.15) is 32.8 Å². The molecule has 2 N–H and O–H groups in total. The molecule has 1 rings (SSSR count). The number of rotatable bonds is 8. The molecular weight excluding hydrogens is 278 g/mol. The third-order valence-corrected chi connectivity index (χ3v) is 3.64. The lowest BCUT2D eigenvalue weighted by Gasteiger charge is -2.23. The largest absolute Gasteiger partial charge is 0.355 e. The number of nitrogens with zero attached hydrogens (tertiary/aromatic N) is 1. The number of carbonyl (C=O) groups excluding carboxylic acids is 2. The van der Waals surface area contributed by atoms with Gasteiger partial charge in [0, 0.05) is 12.2 Å². The van der Waals surface area contributed by atoms with Crippen molar-refractivity contribution >= 4 is 17.5 Å². The minimum atomic E-state index is -0.377. The van der Waals surface area contributed by atoms with Crippen LogP contribution in [0.25, 0.3) is 0 Å². The highest BCUT2D eigenvalue weighted by Gasteiger charge is 2.20. The van der Waals surface area contributed by atoms with Crippen LogP contribution >= 0.6 is 0 Å². The second-order valence-electron chi connectivity index (χ2n) is 5.48. The smallest absolute Gasteiger partial charge is 0.241 e. The van der Waals surface area contributed by atoms with Crippen molar-refractivity contribution in [2.24, 2.45) is 0 Å². The Morgan fingerprint density at radius 1 is 1.18 bits per heavy atom. The number of amides is 2. The summed E-state index contributed by atoms with van der Waals surface area (Å²) in [4.78, 5) is 25.6. The maximum Gasteiger partial charge on any atom is 0.241 e. The van der Waals surface area contributed by atoms with Crippen LogP contribution in [0.3, 0.4) is 0 Å². The Morgan fingerprint density at radius 3 is 2.36 bits per heavy atom. The Morgan fingerprint density at radius 2 is 1.82 bits per heavy atom. The molecule has 0 radical (unpaired) electrons. The molecule has 0 saturated carbocycles. The Kier molecular flexibility index (Phi) is 7.60. The van der Waals surface area contributed by atoms with Crippen LogP contribution in [0.2, 0.25) is 0 Å². The number of hydrogen-bond acceptors (Lipinski definition) is 3. The van der Waals surface area contributed by atoms with Gasteiger partial charge < -0.3 is 10.6 Å². The van der Waals surface area contributed by atoms with E-state index < -0.39 is 0 Å². The average Bonchev–Trinajstić information content (AvgIpc) is 2.52. The molecule has 0 aromatic heterocycles. The zero-order valence-electron chi connectivity index (χ0n) is 14.0. The van der Waals surface area contributed by atoms with Crippen LogP contribution in [-0.2, 0) is 16.0 Å². The zero-order chi connectivity index (χ0) is 16.5. The summed E-state index contributed by atoms with van der Waals surface area (Å²) < 4.78 is 0. The second kappa shape index (κ2) is 9.20. The number of nitrogens with one attached hydrogen (secondary N) is 2. The summed E-state index contributed by atoms with van der Waals surface area (Å²) in [5, 5.41) is 5.69. The fourth-order valence-electron chi connectivity index (χ4n) is 1.95. The fraction of sp³-hybridized carbons (Fsp3) is 0.529. The molecule has 1 aromatic carbocycles. The summed E-state index contributed by atoms with van der Waals surface area (Å²) >= 11 is 0. The first kappa shape index (κ1) is 18.2. The van der Waals surface area contributed by atoms with Crippen LogP contribution in [0.5, 0.6) is 0 Å². The number of benzene rings is 1. The van der Waals surface area contributed by atoms with Crippen molar-refractivity contribution in [2.75, 3.05) is 25.5 Å². The lowest BCUT2D eigenvalue weighted by atomic mass is 10.1. The topological polar surface area (TPSA) is 61.4 Å². The molecule has 1 atom stereocenters. The van der Waals surface area contributed by atoms with Crippen molar-refractivity contribution in [1.82, 2.24) is 10.2 Å². The van der Waals surface area contributed by atoms with E-state index in [0.717, 1.165) is 18.5 Å². The van der Waals surface area contributed by atoms with Gasteiger partial charge in [-0.25, -0.2) is 0 Å². The lowest BCUT2D eigenvalue weighted by Crippen LogP contribution is -2.44. The van der Waals surface area contributed by atoms with Gasteiger partial charge in [0.05, 0.1) is 12.6 Å². The molecule has 5 heteroatoms. The SMILES string of the molecule is CCCNC(=O)CN(C)[C@H](C)C(=O)Nc1ccc(CC)cc1. The molecule has 0 aliphatic rings. The molecule has 1 aromatic rings. The monoisotopic (exact) mass is 305 g/mol. The molecule has 0 spiro atoms. The maximum atomic E-state index is 12.2. The molecular formula is C17H27N3O2. The number of hydrogen-bond donors (Lipinski definition) is 2. The van der Waals surface area contributed by atoms with E-state index in [2.05, 4.69) is 17.6 Å². The predicted molar refractivity (Wildman–Crippen MR) is 89.8 cm³/mol. The Hall–Kier alpha value is -1.88. The molecule has 122 valence electrons. The van der Waals surface area contributed by atoms with Gasteiger partial charge in [0.25, 0.3) is 0 Å². The van der Waals surface area contributed by atoms with Crippen molar-refractivity contribution < 1.29 is 9.59 Å². The van der Waals surface area contributed by atoms with Crippen LogP contribution in [0.15, 0.2) is 24.3 Å². The molecule has 0 saturated heterocycles. The van der Waals surface area contributed by atoms with Crippen molar-refractivity contribution in [1.29, 1.82) is 0 Å². The highest BCUT2D eigenvalue weighted by atomic mass is 16.2. The van der Waals surface area contributed by atoms with Gasteiger partial charge in [0.15, 0.2) is 0 Å². The summed E-state index contributed by atoms with van der Waals surface area (Å²) in [6.45, 7) is 6.77. The normalized spacial score (nSPS) is 12.0. The summed E-state index contributed by atoms with van der Waals surface area (Å²) in [5.74, 6) is -0.175. The van der Waals surface area contributed by atoms with E-state index in [1.165, 1.54) is 5.56 Å². The molecule has 22 heavy (non-hydrogen) atoms. The third-order valence-electron chi connectivity index (χ3n) is 3.64. The van der Waals surface area contributed by atoms with Crippen LogP contribution in [-0.4, -0.2) is 42.9 Å². The first-order valence-corrected chi connectivity index (χ1v) is 7.84. The number of carbonyl (C=O) groups is 2. The van der Waals surface area contributed by atoms with Gasteiger partial charge in [-0.1, -0.05) is 26.0 Å². The van der Waals surface area contributed by atoms with Crippen molar-refractivity contribution in [3.05, 3.63) is 29.8 Å². The second-order valence-corrected chi connectivity index (χ2v) is 5.48. The summed E-state index contributed by atoms with van der Waals surface area (Å²) in [7, 11) is 1.77. The summed E-state index contributed by atoms with van der Waals surface area (Å²) in [6, 6.07) is 7.43. The van der Waals surface area contributed by atoms with Gasteiger partial charge in [-0.3, -0.25) is 14.5 Å². The molecule has 0 aliphatic heterocycles. The Balaban J connectivity index is 2.50. The Bertz CT molecular complexity index is 485. The first-order valence-electron chi connectivity index (χ1n) is 7.84. The van der Waals surface area contributed by atoms with E-state index >= 15 is 0 Å². The quantitative estimate of drug-likeness (QED) is 0.772. The van der Waals surface area contributed by atoms with Crippen molar-refractivity contribution in [3.8, 4) is 0 Å². The van der Waals surface area contributed by atoms with E-state index in [-0.39, 0.29) is 24.4 Å². The number of anilines is 1. The third kappa shape index (κ3) is 5.85. The molecule has 0 unspecified atom stereocenters. The van der Waals surface area contributed by atoms with Gasteiger partial charge in [-0.15, -0.1) is 0 Å². The highest BCUT2D eigenvalue weighted by Crippen LogP contribution is 2.11. The minimum Gasteiger partial charge on any atom is -0.355 e. The zero-order valence-corrected chi connectivity index (χ0v) is 14.0. The molecule has 2 amide bonds. The van der Waals surface area contributed by atoms with E-state index in [1.54, 1.807) is 18.9 Å². The summed E-state index contributed by atoms with van der Waals surface area (Å²) in [6.07, 6.45) is 1.87. The van der Waals surface area contributed by atoms with Crippen LogP contribution in [0.4, 0.5) is 5.69 Å². The van der Waals surface area contributed by atoms with Crippen molar-refractivity contribution in [3.63, 3.8) is 0 Å². The van der Waals surface area contributed by atoms with Gasteiger partial charge in [-0.2, -0.15) is 0 Å². The highest BCUT2D eigenvalue weighted by molar-refractivity contribution is 5.94. The number of aryl methyl sites for hydroxylation is 1.